The van der Waals surface area contributed by atoms with Gasteiger partial charge >= 0.3 is 0 Å². The molecule has 1 saturated heterocycles. The molecule has 1 aliphatic heterocycles. The fraction of sp³-hybridized carbons (Fsp3) is 0.391. The average Bonchev–Trinajstić information content (AvgIpc) is 2.74. The van der Waals surface area contributed by atoms with Crippen LogP contribution >= 0.6 is 0 Å². The van der Waals surface area contributed by atoms with Crippen molar-refractivity contribution < 1.29 is 5.11 Å². The summed E-state index contributed by atoms with van der Waals surface area (Å²) in [4.78, 5) is 11.1. The minimum Gasteiger partial charge on any atom is -0.395 e. The van der Waals surface area contributed by atoms with E-state index in [0.717, 1.165) is 31.9 Å². The summed E-state index contributed by atoms with van der Waals surface area (Å²) in [5, 5.41) is 13.8. The molecular formula is C23H28N4O. The third-order valence-corrected chi connectivity index (χ3v) is 5.97. The predicted molar refractivity (Wildman–Crippen MR) is 113 cm³/mol. The molecule has 0 amide bonds. The highest BCUT2D eigenvalue weighted by Crippen LogP contribution is 2.37. The van der Waals surface area contributed by atoms with Gasteiger partial charge in [0.05, 0.1) is 18.8 Å². The lowest BCUT2D eigenvalue weighted by molar-refractivity contribution is 0.224. The standard InChI is InChI=1S/C23H28N4O/c1-17-3-4-20(18(2)13-17)23(16-28)7-5-19(6-8-23)21-14-25-11-12-27(21)22-15-24-9-10-26-22/h3-7,9-10,13,15,21,25,28H,8,11-12,14,16H2,1-2H3. The molecule has 2 aromatic rings. The van der Waals surface area contributed by atoms with E-state index in [9.17, 15) is 5.11 Å². The summed E-state index contributed by atoms with van der Waals surface area (Å²) in [6.45, 7) is 7.06. The van der Waals surface area contributed by atoms with Gasteiger partial charge in [0.1, 0.15) is 5.82 Å². The van der Waals surface area contributed by atoms with Crippen molar-refractivity contribution in [1.82, 2.24) is 15.3 Å². The zero-order chi connectivity index (χ0) is 19.6. The highest BCUT2D eigenvalue weighted by molar-refractivity contribution is 5.49. The molecular weight excluding hydrogens is 348 g/mol. The number of aliphatic hydroxyl groups excluding tert-OH is 1. The fourth-order valence-electron chi connectivity index (χ4n) is 4.43. The summed E-state index contributed by atoms with van der Waals surface area (Å²) in [6, 6.07) is 6.71. The lowest BCUT2D eigenvalue weighted by Crippen LogP contribution is -2.52. The Labute approximate surface area is 166 Å². The van der Waals surface area contributed by atoms with Gasteiger partial charge in [0, 0.05) is 37.4 Å². The number of aryl methyl sites for hydroxylation is 2. The molecule has 1 aliphatic carbocycles. The second-order valence-electron chi connectivity index (χ2n) is 7.85. The molecule has 28 heavy (non-hydrogen) atoms. The Hall–Kier alpha value is -2.50. The maximum atomic E-state index is 10.3. The third kappa shape index (κ3) is 3.48. The number of allylic oxidation sites excluding steroid dienone is 1. The van der Waals surface area contributed by atoms with Gasteiger partial charge in [0.25, 0.3) is 0 Å². The van der Waals surface area contributed by atoms with Crippen molar-refractivity contribution in [2.45, 2.75) is 31.7 Å². The van der Waals surface area contributed by atoms with E-state index in [2.05, 4.69) is 70.5 Å². The molecule has 5 nitrogen and oxygen atoms in total. The van der Waals surface area contributed by atoms with Crippen molar-refractivity contribution in [2.75, 3.05) is 31.1 Å². The SMILES string of the molecule is Cc1ccc(C2(CO)C=CC(C3CNCCN3c3cnccn3)=CC2)c(C)c1. The largest absolute Gasteiger partial charge is 0.395 e. The maximum absolute atomic E-state index is 10.3. The molecule has 0 saturated carbocycles. The minimum atomic E-state index is -0.346. The van der Waals surface area contributed by atoms with Crippen molar-refractivity contribution in [3.63, 3.8) is 0 Å². The number of piperazine rings is 1. The fourth-order valence-corrected chi connectivity index (χ4v) is 4.43. The molecule has 0 bridgehead atoms. The van der Waals surface area contributed by atoms with Crippen molar-refractivity contribution in [3.05, 3.63) is 77.3 Å². The molecule has 1 aromatic heterocycles. The Balaban J connectivity index is 1.61. The molecule has 4 rings (SSSR count). The maximum Gasteiger partial charge on any atom is 0.147 e. The van der Waals surface area contributed by atoms with E-state index in [-0.39, 0.29) is 18.1 Å². The van der Waals surface area contributed by atoms with E-state index in [1.807, 2.05) is 6.20 Å². The van der Waals surface area contributed by atoms with Crippen LogP contribution in [0.2, 0.25) is 0 Å². The molecule has 2 heterocycles. The van der Waals surface area contributed by atoms with Crippen LogP contribution in [0.1, 0.15) is 23.1 Å². The van der Waals surface area contributed by atoms with Gasteiger partial charge in [-0.05, 0) is 37.0 Å². The van der Waals surface area contributed by atoms with Crippen LogP contribution in [0.25, 0.3) is 0 Å². The van der Waals surface area contributed by atoms with E-state index < -0.39 is 0 Å². The molecule has 1 aromatic carbocycles. The summed E-state index contributed by atoms with van der Waals surface area (Å²) in [5.74, 6) is 0.914. The van der Waals surface area contributed by atoms with Gasteiger partial charge in [0.2, 0.25) is 0 Å². The van der Waals surface area contributed by atoms with Gasteiger partial charge in [-0.15, -0.1) is 0 Å². The smallest absolute Gasteiger partial charge is 0.147 e. The summed E-state index contributed by atoms with van der Waals surface area (Å²) in [5.41, 5.74) is 4.61. The van der Waals surface area contributed by atoms with Crippen LogP contribution in [-0.2, 0) is 5.41 Å². The topological polar surface area (TPSA) is 61.3 Å². The number of benzene rings is 1. The zero-order valence-corrected chi connectivity index (χ0v) is 16.6. The number of aliphatic hydroxyl groups is 1. The van der Waals surface area contributed by atoms with Crippen LogP contribution in [0.4, 0.5) is 5.82 Å². The number of hydrogen-bond acceptors (Lipinski definition) is 5. The number of nitrogens with zero attached hydrogens (tertiary/aromatic N) is 3. The molecule has 146 valence electrons. The Morgan fingerprint density at radius 1 is 1.29 bits per heavy atom. The van der Waals surface area contributed by atoms with Gasteiger partial charge in [-0.1, -0.05) is 42.0 Å². The van der Waals surface area contributed by atoms with E-state index in [1.165, 1.54) is 22.3 Å². The van der Waals surface area contributed by atoms with E-state index in [0.29, 0.717) is 0 Å². The summed E-state index contributed by atoms with van der Waals surface area (Å²) in [6.07, 6.45) is 12.8. The summed E-state index contributed by atoms with van der Waals surface area (Å²) in [7, 11) is 0. The van der Waals surface area contributed by atoms with Crippen LogP contribution in [0, 0.1) is 13.8 Å². The lowest BCUT2D eigenvalue weighted by Gasteiger charge is -2.40. The van der Waals surface area contributed by atoms with Gasteiger partial charge in [-0.3, -0.25) is 4.98 Å². The van der Waals surface area contributed by atoms with E-state index in [1.54, 1.807) is 12.4 Å². The van der Waals surface area contributed by atoms with Crippen molar-refractivity contribution in [1.29, 1.82) is 0 Å². The molecule has 2 N–H and O–H groups in total. The van der Waals surface area contributed by atoms with Crippen LogP contribution in [0.3, 0.4) is 0 Å². The van der Waals surface area contributed by atoms with Crippen molar-refractivity contribution in [3.8, 4) is 0 Å². The number of rotatable bonds is 4. The van der Waals surface area contributed by atoms with Gasteiger partial charge in [-0.25, -0.2) is 4.98 Å². The van der Waals surface area contributed by atoms with Gasteiger partial charge < -0.3 is 15.3 Å². The summed E-state index contributed by atoms with van der Waals surface area (Å²) < 4.78 is 0. The second-order valence-corrected chi connectivity index (χ2v) is 7.85. The minimum absolute atomic E-state index is 0.105. The quantitative estimate of drug-likeness (QED) is 0.859. The molecule has 2 atom stereocenters. The Morgan fingerprint density at radius 2 is 2.18 bits per heavy atom. The van der Waals surface area contributed by atoms with Gasteiger partial charge in [-0.2, -0.15) is 0 Å². The van der Waals surface area contributed by atoms with Crippen molar-refractivity contribution in [2.24, 2.45) is 0 Å². The van der Waals surface area contributed by atoms with Gasteiger partial charge in [0.15, 0.2) is 0 Å². The molecule has 0 radical (unpaired) electrons. The third-order valence-electron chi connectivity index (χ3n) is 5.97. The first-order valence-electron chi connectivity index (χ1n) is 9.94. The number of anilines is 1. The molecule has 0 spiro atoms. The first-order chi connectivity index (χ1) is 13.6. The number of aromatic nitrogens is 2. The Morgan fingerprint density at radius 3 is 2.86 bits per heavy atom. The van der Waals surface area contributed by atoms with Crippen LogP contribution in [-0.4, -0.2) is 47.4 Å². The Kier molecular flexibility index (Phi) is 5.29. The molecule has 5 heteroatoms. The lowest BCUT2D eigenvalue weighted by atomic mass is 9.72. The highest BCUT2D eigenvalue weighted by Gasteiger charge is 2.34. The molecule has 2 aliphatic rings. The van der Waals surface area contributed by atoms with Crippen LogP contribution < -0.4 is 10.2 Å². The second kappa shape index (κ2) is 7.86. The molecule has 2 unspecified atom stereocenters. The van der Waals surface area contributed by atoms with Crippen LogP contribution in [0.15, 0.2) is 60.6 Å². The van der Waals surface area contributed by atoms with Crippen LogP contribution in [0.5, 0.6) is 0 Å². The van der Waals surface area contributed by atoms with E-state index >= 15 is 0 Å². The number of nitrogens with one attached hydrogen (secondary N) is 1. The molecule has 1 fully saturated rings. The first kappa shape index (κ1) is 18.8. The van der Waals surface area contributed by atoms with E-state index in [4.69, 9.17) is 0 Å². The normalized spacial score (nSPS) is 24.9. The average molecular weight is 377 g/mol. The number of hydrogen-bond donors (Lipinski definition) is 2. The highest BCUT2D eigenvalue weighted by atomic mass is 16.3. The summed E-state index contributed by atoms with van der Waals surface area (Å²) >= 11 is 0. The predicted octanol–water partition coefficient (Wildman–Crippen LogP) is 2.69. The van der Waals surface area contributed by atoms with Crippen molar-refractivity contribution >= 4 is 5.82 Å². The first-order valence-corrected chi connectivity index (χ1v) is 9.94. The zero-order valence-electron chi connectivity index (χ0n) is 16.6. The Bertz CT molecular complexity index is 893. The monoisotopic (exact) mass is 376 g/mol.